The Labute approximate surface area is 69.8 Å². The fourth-order valence-corrected chi connectivity index (χ4v) is 1.19. The first-order chi connectivity index (χ1) is 5.83. The molecular formula is C8H9NO3. The minimum Gasteiger partial charge on any atom is -0.453 e. The number of nitrogens with zero attached hydrogens (tertiary/aromatic N) is 1. The summed E-state index contributed by atoms with van der Waals surface area (Å²) in [7, 11) is 0. The molecule has 1 aliphatic heterocycles. The largest absolute Gasteiger partial charge is 0.453 e. The Kier molecular flexibility index (Phi) is 1.62. The zero-order chi connectivity index (χ0) is 8.55. The Morgan fingerprint density at radius 2 is 2.25 bits per heavy atom. The molecule has 2 heterocycles. The van der Waals surface area contributed by atoms with Crippen LogP contribution in [0.5, 0.6) is 11.5 Å². The van der Waals surface area contributed by atoms with Crippen molar-refractivity contribution in [2.75, 3.05) is 6.79 Å². The van der Waals surface area contributed by atoms with Gasteiger partial charge in [0.2, 0.25) is 6.79 Å². The number of aliphatic hydroxyl groups is 1. The Bertz CT molecular complexity index is 311. The molecule has 0 saturated heterocycles. The molecule has 1 aromatic rings. The van der Waals surface area contributed by atoms with Crippen LogP contribution in [0.4, 0.5) is 0 Å². The van der Waals surface area contributed by atoms with Gasteiger partial charge in [-0.25, -0.2) is 0 Å². The number of rotatable bonds is 1. The highest BCUT2D eigenvalue weighted by Gasteiger charge is 2.20. The average molecular weight is 167 g/mol. The topological polar surface area (TPSA) is 51.6 Å². The van der Waals surface area contributed by atoms with Crippen molar-refractivity contribution >= 4 is 0 Å². The second-order valence-corrected chi connectivity index (χ2v) is 2.61. The van der Waals surface area contributed by atoms with E-state index >= 15 is 0 Å². The van der Waals surface area contributed by atoms with Crippen molar-refractivity contribution in [3.05, 3.63) is 17.5 Å². The van der Waals surface area contributed by atoms with E-state index in [0.717, 1.165) is 5.56 Å². The van der Waals surface area contributed by atoms with Gasteiger partial charge in [0.05, 0.1) is 6.61 Å². The molecule has 0 aromatic carbocycles. The number of hydrogen-bond donors (Lipinski definition) is 1. The van der Waals surface area contributed by atoms with Gasteiger partial charge in [0.1, 0.15) is 5.69 Å². The highest BCUT2D eigenvalue weighted by Crippen LogP contribution is 2.36. The molecule has 0 amide bonds. The molecule has 4 heteroatoms. The fourth-order valence-electron chi connectivity index (χ4n) is 1.19. The van der Waals surface area contributed by atoms with Crippen molar-refractivity contribution in [3.8, 4) is 11.5 Å². The predicted octanol–water partition coefficient (Wildman–Crippen LogP) is 0.611. The second-order valence-electron chi connectivity index (χ2n) is 2.61. The molecule has 0 saturated carbocycles. The smallest absolute Gasteiger partial charge is 0.231 e. The van der Waals surface area contributed by atoms with E-state index in [0.29, 0.717) is 17.2 Å². The van der Waals surface area contributed by atoms with Crippen molar-refractivity contribution in [2.24, 2.45) is 0 Å². The molecule has 1 N–H and O–H groups in total. The number of pyridine rings is 1. The van der Waals surface area contributed by atoms with E-state index in [1.807, 2.05) is 6.92 Å². The van der Waals surface area contributed by atoms with Gasteiger partial charge < -0.3 is 14.6 Å². The summed E-state index contributed by atoms with van der Waals surface area (Å²) in [6, 6.07) is 0. The van der Waals surface area contributed by atoms with Crippen LogP contribution < -0.4 is 9.47 Å². The Morgan fingerprint density at radius 3 is 3.00 bits per heavy atom. The molecule has 0 aliphatic carbocycles. The van der Waals surface area contributed by atoms with Gasteiger partial charge in [-0.15, -0.1) is 0 Å². The van der Waals surface area contributed by atoms with Gasteiger partial charge in [0.25, 0.3) is 0 Å². The standard InChI is InChI=1S/C8H9NO3/c1-5-2-9-6(3-10)8-7(5)11-4-12-8/h2,10H,3-4H2,1H3. The summed E-state index contributed by atoms with van der Waals surface area (Å²) in [4.78, 5) is 4.01. The summed E-state index contributed by atoms with van der Waals surface area (Å²) < 4.78 is 10.4. The average Bonchev–Trinajstić information content (AvgIpc) is 2.54. The first-order valence-electron chi connectivity index (χ1n) is 3.68. The van der Waals surface area contributed by atoms with Crippen LogP contribution in [0.3, 0.4) is 0 Å². The highest BCUT2D eigenvalue weighted by molar-refractivity contribution is 5.49. The summed E-state index contributed by atoms with van der Waals surface area (Å²) in [5.74, 6) is 1.28. The number of aliphatic hydroxyl groups excluding tert-OH is 1. The lowest BCUT2D eigenvalue weighted by Crippen LogP contribution is -1.95. The van der Waals surface area contributed by atoms with E-state index in [4.69, 9.17) is 14.6 Å². The maximum Gasteiger partial charge on any atom is 0.231 e. The maximum atomic E-state index is 8.89. The third-order valence-electron chi connectivity index (χ3n) is 1.80. The third kappa shape index (κ3) is 0.921. The van der Waals surface area contributed by atoms with Crippen LogP contribution in [-0.2, 0) is 6.61 Å². The van der Waals surface area contributed by atoms with Crippen LogP contribution in [0.2, 0.25) is 0 Å². The minimum atomic E-state index is -0.119. The molecule has 0 unspecified atom stereocenters. The van der Waals surface area contributed by atoms with Gasteiger partial charge in [-0.3, -0.25) is 4.98 Å². The van der Waals surface area contributed by atoms with Crippen molar-refractivity contribution in [1.29, 1.82) is 0 Å². The van der Waals surface area contributed by atoms with Gasteiger partial charge in [-0.05, 0) is 6.92 Å². The van der Waals surface area contributed by atoms with Crippen LogP contribution in [0.15, 0.2) is 6.20 Å². The molecule has 1 aliphatic rings. The molecule has 2 rings (SSSR count). The number of hydrogen-bond acceptors (Lipinski definition) is 4. The summed E-state index contributed by atoms with van der Waals surface area (Å²) >= 11 is 0. The van der Waals surface area contributed by atoms with E-state index in [2.05, 4.69) is 4.98 Å². The number of fused-ring (bicyclic) bond motifs is 1. The molecule has 0 fully saturated rings. The lowest BCUT2D eigenvalue weighted by atomic mass is 10.2. The van der Waals surface area contributed by atoms with Gasteiger partial charge in [0.15, 0.2) is 11.5 Å². The number of ether oxygens (including phenoxy) is 2. The Morgan fingerprint density at radius 1 is 1.50 bits per heavy atom. The Hall–Kier alpha value is -1.29. The van der Waals surface area contributed by atoms with Gasteiger partial charge in [-0.1, -0.05) is 0 Å². The lowest BCUT2D eigenvalue weighted by Gasteiger charge is -2.02. The molecule has 0 radical (unpaired) electrons. The normalized spacial score (nSPS) is 13.5. The van der Waals surface area contributed by atoms with Gasteiger partial charge >= 0.3 is 0 Å². The van der Waals surface area contributed by atoms with Gasteiger partial charge in [0, 0.05) is 11.8 Å². The van der Waals surface area contributed by atoms with Crippen LogP contribution >= 0.6 is 0 Å². The maximum absolute atomic E-state index is 8.89. The van der Waals surface area contributed by atoms with Crippen LogP contribution in [0, 0.1) is 6.92 Å². The molecule has 0 bridgehead atoms. The van der Waals surface area contributed by atoms with Crippen LogP contribution in [0.25, 0.3) is 0 Å². The Balaban J connectivity index is 2.57. The van der Waals surface area contributed by atoms with Crippen LogP contribution in [0.1, 0.15) is 11.3 Å². The van der Waals surface area contributed by atoms with E-state index in [9.17, 15) is 0 Å². The van der Waals surface area contributed by atoms with Crippen LogP contribution in [-0.4, -0.2) is 16.9 Å². The zero-order valence-electron chi connectivity index (χ0n) is 6.70. The summed E-state index contributed by atoms with van der Waals surface area (Å²) in [6.07, 6.45) is 1.67. The molecule has 0 spiro atoms. The minimum absolute atomic E-state index is 0.119. The summed E-state index contributed by atoms with van der Waals surface area (Å²) in [5, 5.41) is 8.89. The predicted molar refractivity (Wildman–Crippen MR) is 41.0 cm³/mol. The first-order valence-corrected chi connectivity index (χ1v) is 3.68. The van der Waals surface area contributed by atoms with Crippen molar-refractivity contribution in [3.63, 3.8) is 0 Å². The van der Waals surface area contributed by atoms with Crippen molar-refractivity contribution < 1.29 is 14.6 Å². The van der Waals surface area contributed by atoms with Crippen molar-refractivity contribution in [1.82, 2.24) is 4.98 Å². The molecule has 0 atom stereocenters. The molecule has 4 nitrogen and oxygen atoms in total. The second kappa shape index (κ2) is 2.64. The molecule has 1 aromatic heterocycles. The van der Waals surface area contributed by atoms with E-state index in [1.165, 1.54) is 0 Å². The lowest BCUT2D eigenvalue weighted by molar-refractivity contribution is 0.170. The molecule has 12 heavy (non-hydrogen) atoms. The first kappa shape index (κ1) is 7.36. The quantitative estimate of drug-likeness (QED) is 0.665. The van der Waals surface area contributed by atoms with Gasteiger partial charge in [-0.2, -0.15) is 0 Å². The number of aromatic nitrogens is 1. The highest BCUT2D eigenvalue weighted by atomic mass is 16.7. The monoisotopic (exact) mass is 167 g/mol. The molecule has 64 valence electrons. The zero-order valence-corrected chi connectivity index (χ0v) is 6.70. The summed E-state index contributed by atoms with van der Waals surface area (Å²) in [5.41, 5.74) is 1.47. The van der Waals surface area contributed by atoms with E-state index in [-0.39, 0.29) is 13.4 Å². The third-order valence-corrected chi connectivity index (χ3v) is 1.80. The van der Waals surface area contributed by atoms with E-state index in [1.54, 1.807) is 6.20 Å². The van der Waals surface area contributed by atoms with E-state index < -0.39 is 0 Å². The summed E-state index contributed by atoms with van der Waals surface area (Å²) in [6.45, 7) is 1.99. The molecular weight excluding hydrogens is 158 g/mol. The fraction of sp³-hybridized carbons (Fsp3) is 0.375. The van der Waals surface area contributed by atoms with Crippen molar-refractivity contribution in [2.45, 2.75) is 13.5 Å². The number of aryl methyl sites for hydroxylation is 1. The SMILES string of the molecule is Cc1cnc(CO)c2c1OCO2.